The molecule has 0 N–H and O–H groups in total. The third-order valence-electron chi connectivity index (χ3n) is 6.73. The van der Waals surface area contributed by atoms with E-state index in [1.54, 1.807) is 0 Å². The maximum absolute atomic E-state index is 5.37. The average Bonchev–Trinajstić information content (AvgIpc) is 3.09. The lowest BCUT2D eigenvalue weighted by Crippen LogP contribution is -2.37. The second kappa shape index (κ2) is 13.1. The molecule has 4 nitrogen and oxygen atoms in total. The van der Waals surface area contributed by atoms with Gasteiger partial charge < -0.3 is 0 Å². The Labute approximate surface area is 247 Å². The van der Waals surface area contributed by atoms with Crippen molar-refractivity contribution < 1.29 is 0 Å². The van der Waals surface area contributed by atoms with Gasteiger partial charge in [-0.2, -0.15) is 10.2 Å². The number of nitrogens with zero attached hydrogens (tertiary/aromatic N) is 4. The third-order valence-corrected chi connectivity index (χ3v) is 6.73. The van der Waals surface area contributed by atoms with Crippen molar-refractivity contribution in [2.75, 3.05) is 10.2 Å². The molecule has 4 heteroatoms. The molecule has 42 heavy (non-hydrogen) atoms. The first-order valence-electron chi connectivity index (χ1n) is 14.0. The summed E-state index contributed by atoms with van der Waals surface area (Å²) in [4.78, 5) is 0. The molecule has 6 aromatic carbocycles. The zero-order valence-corrected chi connectivity index (χ0v) is 23.1. The van der Waals surface area contributed by atoms with Gasteiger partial charge >= 0.3 is 0 Å². The van der Waals surface area contributed by atoms with E-state index in [0.29, 0.717) is 0 Å². The summed E-state index contributed by atoms with van der Waals surface area (Å²) < 4.78 is 0. The highest BCUT2D eigenvalue weighted by molar-refractivity contribution is 6.14. The second-order valence-corrected chi connectivity index (χ2v) is 9.61. The minimum atomic E-state index is 0.831. The first kappa shape index (κ1) is 26.5. The molecule has 6 rings (SSSR count). The van der Waals surface area contributed by atoms with E-state index in [1.165, 1.54) is 0 Å². The lowest BCUT2D eigenvalue weighted by molar-refractivity contribution is 0.781. The number of benzene rings is 6. The molecule has 0 saturated carbocycles. The molecule has 0 aliphatic rings. The number of hydrogen-bond donors (Lipinski definition) is 0. The Morgan fingerprint density at radius 2 is 0.500 bits per heavy atom. The van der Waals surface area contributed by atoms with Gasteiger partial charge in [-0.15, -0.1) is 10.2 Å². The summed E-state index contributed by atoms with van der Waals surface area (Å²) in [7, 11) is 0. The van der Waals surface area contributed by atoms with Crippen LogP contribution in [0.25, 0.3) is 0 Å². The molecule has 0 aliphatic heterocycles. The van der Waals surface area contributed by atoms with E-state index in [0.717, 1.165) is 45.1 Å². The summed E-state index contributed by atoms with van der Waals surface area (Å²) in [5.74, 6) is 0. The van der Waals surface area contributed by atoms with Crippen LogP contribution in [0.15, 0.2) is 192 Å². The molecule has 0 heterocycles. The smallest absolute Gasteiger partial charge is 0.100 e. The number of hydrazine groups is 1. The van der Waals surface area contributed by atoms with Gasteiger partial charge in [0.25, 0.3) is 0 Å². The Bertz CT molecular complexity index is 1520. The van der Waals surface area contributed by atoms with Crippen LogP contribution < -0.4 is 10.2 Å². The summed E-state index contributed by atoms with van der Waals surface area (Å²) in [5, 5.41) is 14.5. The van der Waals surface area contributed by atoms with E-state index < -0.39 is 0 Å². The molecule has 0 spiro atoms. The first-order chi connectivity index (χ1) is 20.9. The van der Waals surface area contributed by atoms with Crippen molar-refractivity contribution in [3.05, 3.63) is 204 Å². The van der Waals surface area contributed by atoms with Crippen molar-refractivity contribution in [3.8, 4) is 0 Å². The number of hydrazone groups is 2. The van der Waals surface area contributed by atoms with Gasteiger partial charge in [0, 0.05) is 22.3 Å². The Kier molecular flexibility index (Phi) is 8.24. The molecule has 0 bridgehead atoms. The van der Waals surface area contributed by atoms with Crippen LogP contribution in [0.4, 0.5) is 11.4 Å². The van der Waals surface area contributed by atoms with E-state index >= 15 is 0 Å². The summed E-state index contributed by atoms with van der Waals surface area (Å²) in [6.45, 7) is 0. The Morgan fingerprint density at radius 3 is 0.738 bits per heavy atom. The Hall–Kier alpha value is -5.74. The van der Waals surface area contributed by atoms with Crippen LogP contribution in [0.3, 0.4) is 0 Å². The second-order valence-electron chi connectivity index (χ2n) is 9.61. The van der Waals surface area contributed by atoms with Crippen LogP contribution >= 0.6 is 0 Å². The number of anilines is 2. The van der Waals surface area contributed by atoms with Crippen molar-refractivity contribution in [1.82, 2.24) is 0 Å². The maximum Gasteiger partial charge on any atom is 0.100 e. The van der Waals surface area contributed by atoms with E-state index in [-0.39, 0.29) is 0 Å². The average molecular weight is 543 g/mol. The highest BCUT2D eigenvalue weighted by atomic mass is 15.9. The van der Waals surface area contributed by atoms with Crippen molar-refractivity contribution >= 4 is 22.8 Å². The van der Waals surface area contributed by atoms with Crippen LogP contribution in [0, 0.1) is 0 Å². The number of para-hydroxylation sites is 2. The quantitative estimate of drug-likeness (QED) is 0.135. The monoisotopic (exact) mass is 542 g/mol. The van der Waals surface area contributed by atoms with Crippen molar-refractivity contribution in [2.45, 2.75) is 0 Å². The van der Waals surface area contributed by atoms with Crippen LogP contribution in [-0.2, 0) is 0 Å². The van der Waals surface area contributed by atoms with Crippen LogP contribution in [0.5, 0.6) is 0 Å². The van der Waals surface area contributed by atoms with Gasteiger partial charge in [0.2, 0.25) is 0 Å². The minimum absolute atomic E-state index is 0.831. The van der Waals surface area contributed by atoms with Gasteiger partial charge in [0.1, 0.15) is 11.4 Å². The normalized spacial score (nSPS) is 10.4. The molecule has 6 aromatic rings. The van der Waals surface area contributed by atoms with Gasteiger partial charge in [-0.25, -0.2) is 0 Å². The van der Waals surface area contributed by atoms with Crippen molar-refractivity contribution in [2.24, 2.45) is 10.2 Å². The van der Waals surface area contributed by atoms with E-state index in [2.05, 4.69) is 48.5 Å². The first-order valence-corrected chi connectivity index (χ1v) is 14.0. The zero-order valence-electron chi connectivity index (χ0n) is 23.1. The fourth-order valence-corrected chi connectivity index (χ4v) is 4.68. The molecule has 0 saturated heterocycles. The van der Waals surface area contributed by atoms with Crippen LogP contribution in [-0.4, -0.2) is 11.4 Å². The highest BCUT2D eigenvalue weighted by Crippen LogP contribution is 2.27. The van der Waals surface area contributed by atoms with Crippen LogP contribution in [0.1, 0.15) is 22.3 Å². The number of rotatable bonds is 9. The van der Waals surface area contributed by atoms with E-state index in [9.17, 15) is 0 Å². The van der Waals surface area contributed by atoms with Gasteiger partial charge in [0.15, 0.2) is 0 Å². The standard InChI is InChI=1S/C38H30N4/c1-7-19-31(20-8-1)37(32-21-9-2-10-22-32)39-41(35-27-15-5-16-28-35)42(36-29-17-6-18-30-36)40-38(33-23-11-3-12-24-33)34-25-13-4-14-26-34/h1-30H. The van der Waals surface area contributed by atoms with Crippen molar-refractivity contribution in [3.63, 3.8) is 0 Å². The minimum Gasteiger partial charge on any atom is -0.151 e. The number of hydrogen-bond acceptors (Lipinski definition) is 4. The largest absolute Gasteiger partial charge is 0.151 e. The summed E-state index contributed by atoms with van der Waals surface area (Å²) in [5.41, 5.74) is 7.43. The predicted octanol–water partition coefficient (Wildman–Crippen LogP) is 8.82. The van der Waals surface area contributed by atoms with E-state index in [4.69, 9.17) is 10.2 Å². The summed E-state index contributed by atoms with van der Waals surface area (Å²) in [6, 6.07) is 61.4. The lowest BCUT2D eigenvalue weighted by Gasteiger charge is -2.31. The maximum atomic E-state index is 5.37. The molecule has 0 aliphatic carbocycles. The van der Waals surface area contributed by atoms with Crippen LogP contribution in [0.2, 0.25) is 0 Å². The fourth-order valence-electron chi connectivity index (χ4n) is 4.68. The Morgan fingerprint density at radius 1 is 0.286 bits per heavy atom. The van der Waals surface area contributed by atoms with Gasteiger partial charge in [0.05, 0.1) is 11.4 Å². The molecule has 0 unspecified atom stereocenters. The molecular formula is C38H30N4. The molecule has 0 atom stereocenters. The van der Waals surface area contributed by atoms with Crippen molar-refractivity contribution in [1.29, 1.82) is 0 Å². The molecule has 0 radical (unpaired) electrons. The molecule has 0 amide bonds. The third kappa shape index (κ3) is 6.19. The lowest BCUT2D eigenvalue weighted by atomic mass is 10.0. The molecule has 0 fully saturated rings. The predicted molar refractivity (Wildman–Crippen MR) is 175 cm³/mol. The SMILES string of the molecule is c1ccc(C(=NN(c2ccccc2)N(N=C(c2ccccc2)c2ccccc2)c2ccccc2)c2ccccc2)cc1. The zero-order chi connectivity index (χ0) is 28.4. The summed E-state index contributed by atoms with van der Waals surface area (Å²) in [6.07, 6.45) is 0. The van der Waals surface area contributed by atoms with Gasteiger partial charge in [-0.05, 0) is 24.3 Å². The van der Waals surface area contributed by atoms with Gasteiger partial charge in [-0.3, -0.25) is 0 Å². The topological polar surface area (TPSA) is 31.2 Å². The fraction of sp³-hybridized carbons (Fsp3) is 0. The molecule has 0 aromatic heterocycles. The Balaban J connectivity index is 1.62. The molecular weight excluding hydrogens is 512 g/mol. The summed E-state index contributed by atoms with van der Waals surface area (Å²) >= 11 is 0. The van der Waals surface area contributed by atoms with E-state index in [1.807, 2.05) is 144 Å². The highest BCUT2D eigenvalue weighted by Gasteiger charge is 2.21. The van der Waals surface area contributed by atoms with Gasteiger partial charge in [-0.1, -0.05) is 158 Å². The molecule has 202 valence electrons.